The fourth-order valence-corrected chi connectivity index (χ4v) is 3.41. The molecule has 4 aromatic rings. The molecule has 0 aliphatic carbocycles. The molecular formula is C22H19N3O2S. The van der Waals surface area contributed by atoms with E-state index in [4.69, 9.17) is 4.74 Å². The fraction of sp³-hybridized carbons (Fsp3) is 0.0909. The minimum Gasteiger partial charge on any atom is -0.489 e. The van der Waals surface area contributed by atoms with Gasteiger partial charge < -0.3 is 10.1 Å². The van der Waals surface area contributed by atoms with Crippen molar-refractivity contribution in [2.45, 2.75) is 13.2 Å². The molecule has 0 saturated carbocycles. The molecule has 1 amide bonds. The number of H-pyrrole nitrogens is 1. The summed E-state index contributed by atoms with van der Waals surface area (Å²) in [6.45, 7) is 0.960. The van der Waals surface area contributed by atoms with Crippen LogP contribution < -0.4 is 10.1 Å². The summed E-state index contributed by atoms with van der Waals surface area (Å²) >= 11 is 1.60. The van der Waals surface area contributed by atoms with Crippen LogP contribution in [-0.2, 0) is 13.2 Å². The minimum absolute atomic E-state index is 0.205. The number of hydrogen-bond acceptors (Lipinski definition) is 4. The van der Waals surface area contributed by atoms with Gasteiger partial charge in [0.25, 0.3) is 5.91 Å². The molecule has 0 atom stereocenters. The number of aromatic amines is 1. The van der Waals surface area contributed by atoms with Gasteiger partial charge in [-0.1, -0.05) is 48.5 Å². The number of carbonyl (C=O) groups excluding carboxylic acids is 1. The van der Waals surface area contributed by atoms with Crippen molar-refractivity contribution in [3.05, 3.63) is 95.0 Å². The monoisotopic (exact) mass is 389 g/mol. The minimum atomic E-state index is -0.205. The average Bonchev–Trinajstić information content (AvgIpc) is 3.44. The van der Waals surface area contributed by atoms with Crippen molar-refractivity contribution < 1.29 is 9.53 Å². The molecular weight excluding hydrogens is 370 g/mol. The zero-order valence-corrected chi connectivity index (χ0v) is 15.9. The van der Waals surface area contributed by atoms with Gasteiger partial charge in [0.2, 0.25) is 0 Å². The topological polar surface area (TPSA) is 67.0 Å². The number of rotatable bonds is 7. The molecule has 0 aliphatic rings. The van der Waals surface area contributed by atoms with Crippen LogP contribution in [0.3, 0.4) is 0 Å². The van der Waals surface area contributed by atoms with Crippen molar-refractivity contribution in [2.24, 2.45) is 0 Å². The Balaban J connectivity index is 1.29. The summed E-state index contributed by atoms with van der Waals surface area (Å²) in [6, 6.07) is 23.5. The van der Waals surface area contributed by atoms with Crippen molar-refractivity contribution in [2.75, 3.05) is 0 Å². The standard InChI is InChI=1S/C22H19N3O2S/c26-22(20-13-19(24-25-20)21-7-4-12-28-21)23-14-16-8-10-18(11-9-16)27-15-17-5-2-1-3-6-17/h1-13H,14-15H2,(H,23,26)(H,24,25). The highest BCUT2D eigenvalue weighted by Gasteiger charge is 2.11. The molecule has 0 unspecified atom stereocenters. The van der Waals surface area contributed by atoms with Gasteiger partial charge in [-0.25, -0.2) is 0 Å². The number of benzene rings is 2. The Morgan fingerprint density at radius 2 is 1.82 bits per heavy atom. The van der Waals surface area contributed by atoms with Gasteiger partial charge in [0.1, 0.15) is 12.4 Å². The van der Waals surface area contributed by atoms with Gasteiger partial charge >= 0.3 is 0 Å². The third kappa shape index (κ3) is 4.47. The fourth-order valence-electron chi connectivity index (χ4n) is 2.71. The SMILES string of the molecule is O=C(NCc1ccc(OCc2ccccc2)cc1)c1cc(-c2cccs2)[nH]n1. The molecule has 2 N–H and O–H groups in total. The summed E-state index contributed by atoms with van der Waals surface area (Å²) in [4.78, 5) is 13.4. The number of thiophene rings is 1. The molecule has 6 heteroatoms. The Kier molecular flexibility index (Phi) is 5.49. The van der Waals surface area contributed by atoms with E-state index in [0.717, 1.165) is 27.4 Å². The highest BCUT2D eigenvalue weighted by Crippen LogP contribution is 2.23. The van der Waals surface area contributed by atoms with Crippen LogP contribution >= 0.6 is 11.3 Å². The molecule has 140 valence electrons. The van der Waals surface area contributed by atoms with Crippen LogP contribution in [-0.4, -0.2) is 16.1 Å². The van der Waals surface area contributed by atoms with Crippen LogP contribution in [0.15, 0.2) is 78.2 Å². The number of amides is 1. The first kappa shape index (κ1) is 18.0. The van der Waals surface area contributed by atoms with E-state index in [9.17, 15) is 4.79 Å². The summed E-state index contributed by atoms with van der Waals surface area (Å²) in [5.41, 5.74) is 3.35. The molecule has 4 rings (SSSR count). The molecule has 0 bridgehead atoms. The lowest BCUT2D eigenvalue weighted by molar-refractivity contribution is 0.0946. The van der Waals surface area contributed by atoms with Gasteiger partial charge in [0.15, 0.2) is 5.69 Å². The second-order valence-corrected chi connectivity index (χ2v) is 7.19. The second kappa shape index (κ2) is 8.54. The van der Waals surface area contributed by atoms with E-state index < -0.39 is 0 Å². The molecule has 0 aliphatic heterocycles. The maximum atomic E-state index is 12.3. The third-order valence-corrected chi connectivity index (χ3v) is 5.13. The first-order valence-electron chi connectivity index (χ1n) is 8.91. The van der Waals surface area contributed by atoms with Gasteiger partial charge in [0.05, 0.1) is 10.6 Å². The molecule has 28 heavy (non-hydrogen) atoms. The number of aromatic nitrogens is 2. The third-order valence-electron chi connectivity index (χ3n) is 4.22. The Hall–Kier alpha value is -3.38. The largest absolute Gasteiger partial charge is 0.489 e. The van der Waals surface area contributed by atoms with Crippen molar-refractivity contribution in [3.8, 4) is 16.3 Å². The van der Waals surface area contributed by atoms with Gasteiger partial charge in [-0.05, 0) is 40.8 Å². The second-order valence-electron chi connectivity index (χ2n) is 6.25. The van der Waals surface area contributed by atoms with Crippen LogP contribution in [0.2, 0.25) is 0 Å². The Bertz CT molecular complexity index is 1030. The molecule has 2 aromatic heterocycles. The summed E-state index contributed by atoms with van der Waals surface area (Å²) in [5, 5.41) is 11.9. The number of nitrogens with one attached hydrogen (secondary N) is 2. The first-order chi connectivity index (χ1) is 13.8. The molecule has 0 spiro atoms. The number of carbonyl (C=O) groups is 1. The summed E-state index contributed by atoms with van der Waals surface area (Å²) in [7, 11) is 0. The van der Waals surface area contributed by atoms with Gasteiger partial charge in [-0.3, -0.25) is 9.89 Å². The number of ether oxygens (including phenoxy) is 1. The normalized spacial score (nSPS) is 10.6. The predicted octanol–water partition coefficient (Wildman–Crippen LogP) is 4.65. The molecule has 2 heterocycles. The summed E-state index contributed by atoms with van der Waals surface area (Å²) in [5.74, 6) is 0.593. The summed E-state index contributed by atoms with van der Waals surface area (Å²) < 4.78 is 5.78. The van der Waals surface area contributed by atoms with Crippen LogP contribution in [0.5, 0.6) is 5.75 Å². The van der Waals surface area contributed by atoms with E-state index in [0.29, 0.717) is 18.8 Å². The Labute approximate surface area is 167 Å². The molecule has 5 nitrogen and oxygen atoms in total. The van der Waals surface area contributed by atoms with Crippen LogP contribution in [0, 0.1) is 0 Å². The van der Waals surface area contributed by atoms with E-state index in [-0.39, 0.29) is 5.91 Å². The molecule has 2 aromatic carbocycles. The van der Waals surface area contributed by atoms with Gasteiger partial charge in [0, 0.05) is 6.54 Å². The quantitative estimate of drug-likeness (QED) is 0.484. The zero-order valence-electron chi connectivity index (χ0n) is 15.1. The Morgan fingerprint density at radius 1 is 1.00 bits per heavy atom. The number of hydrogen-bond donors (Lipinski definition) is 2. The predicted molar refractivity (Wildman–Crippen MR) is 110 cm³/mol. The lowest BCUT2D eigenvalue weighted by Crippen LogP contribution is -2.23. The van der Waals surface area contributed by atoms with Crippen molar-refractivity contribution >= 4 is 17.2 Å². The van der Waals surface area contributed by atoms with E-state index in [1.54, 1.807) is 17.4 Å². The van der Waals surface area contributed by atoms with E-state index >= 15 is 0 Å². The maximum absolute atomic E-state index is 12.3. The maximum Gasteiger partial charge on any atom is 0.272 e. The molecule has 0 fully saturated rings. The van der Waals surface area contributed by atoms with Crippen molar-refractivity contribution in [1.82, 2.24) is 15.5 Å². The van der Waals surface area contributed by atoms with E-state index in [1.165, 1.54) is 0 Å². The first-order valence-corrected chi connectivity index (χ1v) is 9.79. The van der Waals surface area contributed by atoms with Crippen LogP contribution in [0.25, 0.3) is 10.6 Å². The van der Waals surface area contributed by atoms with E-state index in [2.05, 4.69) is 15.5 Å². The van der Waals surface area contributed by atoms with Crippen LogP contribution in [0.4, 0.5) is 0 Å². The molecule has 0 radical (unpaired) electrons. The van der Waals surface area contributed by atoms with Crippen molar-refractivity contribution in [3.63, 3.8) is 0 Å². The van der Waals surface area contributed by atoms with E-state index in [1.807, 2.05) is 72.1 Å². The lowest BCUT2D eigenvalue weighted by Gasteiger charge is -2.08. The number of nitrogens with zero attached hydrogens (tertiary/aromatic N) is 1. The lowest BCUT2D eigenvalue weighted by atomic mass is 10.2. The van der Waals surface area contributed by atoms with Gasteiger partial charge in [-0.15, -0.1) is 11.3 Å². The highest BCUT2D eigenvalue weighted by atomic mass is 32.1. The smallest absolute Gasteiger partial charge is 0.272 e. The Morgan fingerprint density at radius 3 is 2.57 bits per heavy atom. The summed E-state index contributed by atoms with van der Waals surface area (Å²) in [6.07, 6.45) is 0. The zero-order chi connectivity index (χ0) is 19.2. The highest BCUT2D eigenvalue weighted by molar-refractivity contribution is 7.13. The average molecular weight is 389 g/mol. The van der Waals surface area contributed by atoms with Crippen molar-refractivity contribution in [1.29, 1.82) is 0 Å². The molecule has 0 saturated heterocycles. The van der Waals surface area contributed by atoms with Crippen LogP contribution in [0.1, 0.15) is 21.6 Å². The van der Waals surface area contributed by atoms with Gasteiger partial charge in [-0.2, -0.15) is 5.10 Å².